The normalized spacial score (nSPS) is 13.7. The maximum absolute atomic E-state index is 6.11. The monoisotopic (exact) mass is 205 g/mol. The first kappa shape index (κ1) is 9.69. The van der Waals surface area contributed by atoms with Crippen molar-refractivity contribution in [2.75, 3.05) is 0 Å². The SMILES string of the molecule is CC(C)C(N)c1cc2ccccc2s1. The molecule has 1 unspecified atom stereocenters. The molecule has 1 aromatic carbocycles. The Morgan fingerprint density at radius 3 is 2.57 bits per heavy atom. The number of thiophene rings is 1. The van der Waals surface area contributed by atoms with E-state index in [0.29, 0.717) is 5.92 Å². The first-order chi connectivity index (χ1) is 6.68. The van der Waals surface area contributed by atoms with Gasteiger partial charge in [0, 0.05) is 15.6 Å². The Bertz CT molecular complexity index is 398. The fourth-order valence-corrected chi connectivity index (χ4v) is 2.73. The summed E-state index contributed by atoms with van der Waals surface area (Å²) in [5.41, 5.74) is 6.11. The molecule has 1 atom stereocenters. The summed E-state index contributed by atoms with van der Waals surface area (Å²) >= 11 is 1.81. The third-order valence-electron chi connectivity index (χ3n) is 2.49. The minimum absolute atomic E-state index is 0.174. The molecule has 0 saturated carbocycles. The van der Waals surface area contributed by atoms with Crippen molar-refractivity contribution in [3.63, 3.8) is 0 Å². The van der Waals surface area contributed by atoms with Crippen LogP contribution in [0.15, 0.2) is 30.3 Å². The molecule has 14 heavy (non-hydrogen) atoms. The number of benzene rings is 1. The molecule has 1 heterocycles. The highest BCUT2D eigenvalue weighted by molar-refractivity contribution is 7.19. The van der Waals surface area contributed by atoms with Gasteiger partial charge < -0.3 is 5.73 Å². The minimum Gasteiger partial charge on any atom is -0.323 e. The van der Waals surface area contributed by atoms with Gasteiger partial charge in [-0.1, -0.05) is 32.0 Å². The summed E-state index contributed by atoms with van der Waals surface area (Å²) in [6, 6.07) is 10.8. The van der Waals surface area contributed by atoms with Crippen LogP contribution in [0.25, 0.3) is 10.1 Å². The van der Waals surface area contributed by atoms with Crippen molar-refractivity contribution in [2.45, 2.75) is 19.9 Å². The summed E-state index contributed by atoms with van der Waals surface area (Å²) in [5, 5.41) is 1.31. The van der Waals surface area contributed by atoms with Crippen LogP contribution in [0.1, 0.15) is 24.8 Å². The van der Waals surface area contributed by atoms with E-state index in [1.807, 2.05) is 11.3 Å². The van der Waals surface area contributed by atoms with E-state index >= 15 is 0 Å². The van der Waals surface area contributed by atoms with E-state index in [2.05, 4.69) is 44.2 Å². The zero-order chi connectivity index (χ0) is 10.1. The van der Waals surface area contributed by atoms with Crippen LogP contribution in [-0.2, 0) is 0 Å². The smallest absolute Gasteiger partial charge is 0.0413 e. The lowest BCUT2D eigenvalue weighted by Gasteiger charge is -2.12. The van der Waals surface area contributed by atoms with Gasteiger partial charge in [-0.2, -0.15) is 0 Å². The van der Waals surface area contributed by atoms with E-state index in [-0.39, 0.29) is 6.04 Å². The first-order valence-electron chi connectivity index (χ1n) is 4.92. The summed E-state index contributed by atoms with van der Waals surface area (Å²) in [6.07, 6.45) is 0. The maximum Gasteiger partial charge on any atom is 0.0413 e. The zero-order valence-corrected chi connectivity index (χ0v) is 9.34. The highest BCUT2D eigenvalue weighted by atomic mass is 32.1. The van der Waals surface area contributed by atoms with Gasteiger partial charge in [-0.3, -0.25) is 0 Å². The molecule has 2 rings (SSSR count). The minimum atomic E-state index is 0.174. The largest absolute Gasteiger partial charge is 0.323 e. The number of rotatable bonds is 2. The third kappa shape index (κ3) is 1.68. The molecule has 74 valence electrons. The lowest BCUT2D eigenvalue weighted by Crippen LogP contribution is -2.14. The van der Waals surface area contributed by atoms with Gasteiger partial charge in [0.05, 0.1) is 0 Å². The van der Waals surface area contributed by atoms with Gasteiger partial charge in [0.15, 0.2) is 0 Å². The molecular formula is C12H15NS. The highest BCUT2D eigenvalue weighted by Crippen LogP contribution is 2.31. The molecule has 0 aliphatic rings. The van der Waals surface area contributed by atoms with Crippen LogP contribution in [0.2, 0.25) is 0 Å². The Morgan fingerprint density at radius 1 is 1.21 bits per heavy atom. The summed E-state index contributed by atoms with van der Waals surface area (Å²) in [6.45, 7) is 4.32. The molecule has 0 fully saturated rings. The number of hydrogen-bond donors (Lipinski definition) is 1. The van der Waals surface area contributed by atoms with E-state index in [4.69, 9.17) is 5.73 Å². The van der Waals surface area contributed by atoms with Gasteiger partial charge in [0.25, 0.3) is 0 Å². The second kappa shape index (κ2) is 3.71. The number of fused-ring (bicyclic) bond motifs is 1. The lowest BCUT2D eigenvalue weighted by atomic mass is 10.0. The Morgan fingerprint density at radius 2 is 1.93 bits per heavy atom. The van der Waals surface area contributed by atoms with Crippen LogP contribution in [0.5, 0.6) is 0 Å². The number of nitrogens with two attached hydrogens (primary N) is 1. The van der Waals surface area contributed by atoms with E-state index in [1.165, 1.54) is 15.0 Å². The van der Waals surface area contributed by atoms with Gasteiger partial charge in [-0.15, -0.1) is 11.3 Å². The molecule has 0 radical (unpaired) electrons. The van der Waals surface area contributed by atoms with Crippen molar-refractivity contribution < 1.29 is 0 Å². The predicted molar refractivity (Wildman–Crippen MR) is 63.6 cm³/mol. The molecule has 1 nitrogen and oxygen atoms in total. The molecule has 0 amide bonds. The molecule has 1 aromatic heterocycles. The molecule has 0 spiro atoms. The molecule has 0 aliphatic carbocycles. The van der Waals surface area contributed by atoms with Crippen LogP contribution in [0.4, 0.5) is 0 Å². The Kier molecular flexibility index (Phi) is 2.57. The van der Waals surface area contributed by atoms with Crippen LogP contribution in [0, 0.1) is 5.92 Å². The van der Waals surface area contributed by atoms with Crippen molar-refractivity contribution in [1.82, 2.24) is 0 Å². The van der Waals surface area contributed by atoms with Crippen molar-refractivity contribution in [1.29, 1.82) is 0 Å². The fraction of sp³-hybridized carbons (Fsp3) is 0.333. The van der Waals surface area contributed by atoms with E-state index < -0.39 is 0 Å². The summed E-state index contributed by atoms with van der Waals surface area (Å²) in [7, 11) is 0. The van der Waals surface area contributed by atoms with Crippen LogP contribution in [0.3, 0.4) is 0 Å². The molecule has 2 aromatic rings. The van der Waals surface area contributed by atoms with E-state index in [9.17, 15) is 0 Å². The summed E-state index contributed by atoms with van der Waals surface area (Å²) in [5.74, 6) is 0.503. The molecule has 2 heteroatoms. The maximum atomic E-state index is 6.11. The van der Waals surface area contributed by atoms with Crippen LogP contribution < -0.4 is 5.73 Å². The van der Waals surface area contributed by atoms with Crippen molar-refractivity contribution in [2.24, 2.45) is 11.7 Å². The predicted octanol–water partition coefficient (Wildman–Crippen LogP) is 3.56. The second-order valence-electron chi connectivity index (χ2n) is 3.96. The molecule has 0 aliphatic heterocycles. The molecule has 2 N–H and O–H groups in total. The van der Waals surface area contributed by atoms with Gasteiger partial charge in [0.1, 0.15) is 0 Å². The van der Waals surface area contributed by atoms with Crippen molar-refractivity contribution in [3.05, 3.63) is 35.2 Å². The Hall–Kier alpha value is -0.860. The second-order valence-corrected chi connectivity index (χ2v) is 5.07. The molecule has 0 saturated heterocycles. The standard InChI is InChI=1S/C12H15NS/c1-8(2)12(13)11-7-9-5-3-4-6-10(9)14-11/h3-8,12H,13H2,1-2H3. The van der Waals surface area contributed by atoms with Crippen molar-refractivity contribution in [3.8, 4) is 0 Å². The third-order valence-corrected chi connectivity index (χ3v) is 3.71. The van der Waals surface area contributed by atoms with Gasteiger partial charge in [-0.25, -0.2) is 0 Å². The highest BCUT2D eigenvalue weighted by Gasteiger charge is 2.12. The van der Waals surface area contributed by atoms with Crippen molar-refractivity contribution >= 4 is 21.4 Å². The topological polar surface area (TPSA) is 26.0 Å². The molecular weight excluding hydrogens is 190 g/mol. The van der Waals surface area contributed by atoms with Gasteiger partial charge in [0.2, 0.25) is 0 Å². The Labute approximate surface area is 88.6 Å². The first-order valence-corrected chi connectivity index (χ1v) is 5.74. The summed E-state index contributed by atoms with van der Waals surface area (Å²) < 4.78 is 1.33. The van der Waals surface area contributed by atoms with Gasteiger partial charge in [-0.05, 0) is 23.4 Å². The summed E-state index contributed by atoms with van der Waals surface area (Å²) in [4.78, 5) is 1.29. The lowest BCUT2D eigenvalue weighted by molar-refractivity contribution is 0.522. The molecule has 0 bridgehead atoms. The van der Waals surface area contributed by atoms with E-state index in [1.54, 1.807) is 0 Å². The van der Waals surface area contributed by atoms with Crippen LogP contribution >= 0.6 is 11.3 Å². The van der Waals surface area contributed by atoms with Crippen LogP contribution in [-0.4, -0.2) is 0 Å². The Balaban J connectivity index is 2.45. The van der Waals surface area contributed by atoms with E-state index in [0.717, 1.165) is 0 Å². The quantitative estimate of drug-likeness (QED) is 0.797. The average molecular weight is 205 g/mol. The fourth-order valence-electron chi connectivity index (χ4n) is 1.50. The number of hydrogen-bond acceptors (Lipinski definition) is 2. The van der Waals surface area contributed by atoms with Gasteiger partial charge >= 0.3 is 0 Å². The zero-order valence-electron chi connectivity index (χ0n) is 8.53. The average Bonchev–Trinajstić information content (AvgIpc) is 2.59.